The molecule has 5 aromatic rings. The fraction of sp³-hybridized carbons (Fsp3) is 0.190. The molecule has 0 bridgehead atoms. The van der Waals surface area contributed by atoms with Gasteiger partial charge in [0.15, 0.2) is 11.3 Å². The summed E-state index contributed by atoms with van der Waals surface area (Å²) in [6.07, 6.45) is 0. The zero-order valence-electron chi connectivity index (χ0n) is 29.3. The van der Waals surface area contributed by atoms with Gasteiger partial charge in [0.1, 0.15) is 0 Å². The van der Waals surface area contributed by atoms with Crippen molar-refractivity contribution in [1.29, 1.82) is 0 Å². The van der Waals surface area contributed by atoms with Gasteiger partial charge in [-0.15, -0.1) is 0 Å². The molecule has 5 aromatic carbocycles. The van der Waals surface area contributed by atoms with Gasteiger partial charge in [-0.3, -0.25) is 19.6 Å². The second-order valence-corrected chi connectivity index (χ2v) is 13.8. The molecule has 2 aliphatic heterocycles. The quantitative estimate of drug-likeness (QED) is 0.199. The van der Waals surface area contributed by atoms with Gasteiger partial charge in [-0.25, -0.2) is 29.0 Å². The number of carbonyl (C=O) groups excluding carboxylic acids is 4. The zero-order valence-corrected chi connectivity index (χ0v) is 29.3. The van der Waals surface area contributed by atoms with E-state index in [1.165, 1.54) is 14.1 Å². The van der Waals surface area contributed by atoms with Crippen molar-refractivity contribution in [3.8, 4) is 22.3 Å². The van der Waals surface area contributed by atoms with Crippen LogP contribution in [0.15, 0.2) is 121 Å². The van der Waals surface area contributed by atoms with Crippen LogP contribution in [0, 0.1) is 0 Å². The average Bonchev–Trinajstić information content (AvgIpc) is 3.65. The molecule has 258 valence electrons. The van der Waals surface area contributed by atoms with Crippen molar-refractivity contribution in [3.05, 3.63) is 155 Å². The van der Waals surface area contributed by atoms with Gasteiger partial charge < -0.3 is 0 Å². The minimum Gasteiger partial charge on any atom is -0.296 e. The number of urea groups is 4. The van der Waals surface area contributed by atoms with Crippen molar-refractivity contribution in [2.45, 2.75) is 24.4 Å². The second-order valence-electron chi connectivity index (χ2n) is 13.8. The third-order valence-corrected chi connectivity index (χ3v) is 11.5. The van der Waals surface area contributed by atoms with E-state index < -0.39 is 35.5 Å². The van der Waals surface area contributed by atoms with Crippen molar-refractivity contribution in [1.82, 2.24) is 29.4 Å². The molecule has 0 atom stereocenters. The Morgan fingerprint density at radius 1 is 0.385 bits per heavy atom. The van der Waals surface area contributed by atoms with Crippen molar-refractivity contribution in [3.63, 3.8) is 0 Å². The Kier molecular flexibility index (Phi) is 6.70. The minimum atomic E-state index is -1.22. The number of nitrogens with zero attached hydrogens (tertiary/aromatic N) is 6. The fourth-order valence-corrected chi connectivity index (χ4v) is 9.14. The van der Waals surface area contributed by atoms with Gasteiger partial charge in [0.25, 0.3) is 0 Å². The molecule has 10 heteroatoms. The summed E-state index contributed by atoms with van der Waals surface area (Å²) in [6.45, 7) is 0.263. The van der Waals surface area contributed by atoms with Crippen LogP contribution in [-0.2, 0) is 24.4 Å². The highest BCUT2D eigenvalue weighted by Crippen LogP contribution is 2.56. The first kappa shape index (κ1) is 31.6. The van der Waals surface area contributed by atoms with Gasteiger partial charge in [-0.1, -0.05) is 121 Å². The molecule has 9 rings (SSSR count). The van der Waals surface area contributed by atoms with Crippen LogP contribution in [0.4, 0.5) is 19.2 Å². The van der Waals surface area contributed by atoms with E-state index in [9.17, 15) is 19.2 Å². The maximum Gasteiger partial charge on any atom is 0.330 e. The van der Waals surface area contributed by atoms with Gasteiger partial charge in [0.05, 0.1) is 13.1 Å². The van der Waals surface area contributed by atoms with E-state index in [4.69, 9.17) is 0 Å². The predicted molar refractivity (Wildman–Crippen MR) is 195 cm³/mol. The van der Waals surface area contributed by atoms with Crippen LogP contribution in [0.3, 0.4) is 0 Å². The molecule has 2 saturated heterocycles. The first-order valence-corrected chi connectivity index (χ1v) is 17.3. The lowest BCUT2D eigenvalue weighted by atomic mass is 9.90. The topological polar surface area (TPSA) is 87.7 Å². The highest BCUT2D eigenvalue weighted by molar-refractivity contribution is 6.00. The van der Waals surface area contributed by atoms with Crippen LogP contribution in [0.5, 0.6) is 0 Å². The van der Waals surface area contributed by atoms with E-state index in [2.05, 4.69) is 0 Å². The second kappa shape index (κ2) is 11.0. The highest BCUT2D eigenvalue weighted by Gasteiger charge is 2.60. The lowest BCUT2D eigenvalue weighted by molar-refractivity contribution is -0.0127. The Hall–Kier alpha value is -6.42. The summed E-state index contributed by atoms with van der Waals surface area (Å²) in [7, 11) is 6.51. The van der Waals surface area contributed by atoms with Crippen LogP contribution >= 0.6 is 0 Å². The van der Waals surface area contributed by atoms with Gasteiger partial charge in [0, 0.05) is 50.4 Å². The number of imide groups is 2. The van der Waals surface area contributed by atoms with Gasteiger partial charge in [-0.05, 0) is 33.4 Å². The van der Waals surface area contributed by atoms with E-state index >= 15 is 0 Å². The molecule has 2 spiro atoms. The summed E-state index contributed by atoms with van der Waals surface area (Å²) in [5, 5.41) is 0. The SMILES string of the molecule is CN1C(=O)N(C)C2(c3ccccc3-c3ccccc32)N(Cc2ccccc2CN2C(=O)N(C)C(=O)N(C)C23c2ccccc2-c2ccccc23)C1=O. The molecule has 0 N–H and O–H groups in total. The number of rotatable bonds is 4. The Labute approximate surface area is 301 Å². The van der Waals surface area contributed by atoms with Crippen LogP contribution in [0.1, 0.15) is 33.4 Å². The van der Waals surface area contributed by atoms with Crippen molar-refractivity contribution >= 4 is 24.1 Å². The molecule has 0 aromatic heterocycles. The summed E-state index contributed by atoms with van der Waals surface area (Å²) < 4.78 is 0. The number of benzene rings is 5. The number of hydrogen-bond donors (Lipinski definition) is 0. The molecule has 0 radical (unpaired) electrons. The van der Waals surface area contributed by atoms with Crippen LogP contribution in [-0.4, -0.2) is 81.7 Å². The predicted octanol–water partition coefficient (Wildman–Crippen LogP) is 7.29. The van der Waals surface area contributed by atoms with Crippen LogP contribution in [0.25, 0.3) is 22.3 Å². The highest BCUT2D eigenvalue weighted by atomic mass is 16.2. The third-order valence-electron chi connectivity index (χ3n) is 11.5. The zero-order chi connectivity index (χ0) is 36.1. The molecule has 0 unspecified atom stereocenters. The monoisotopic (exact) mass is 688 g/mol. The molecule has 2 heterocycles. The molecule has 10 nitrogen and oxygen atoms in total. The molecule has 0 saturated carbocycles. The Bertz CT molecular complexity index is 2120. The van der Waals surface area contributed by atoms with Gasteiger partial charge in [0.2, 0.25) is 0 Å². The minimum absolute atomic E-state index is 0.131. The summed E-state index contributed by atoms with van der Waals surface area (Å²) in [6, 6.07) is 37.8. The first-order valence-electron chi connectivity index (χ1n) is 17.3. The number of hydrogen-bond acceptors (Lipinski definition) is 4. The number of amides is 8. The van der Waals surface area contributed by atoms with Crippen molar-refractivity contribution in [2.24, 2.45) is 0 Å². The van der Waals surface area contributed by atoms with Crippen LogP contribution in [0.2, 0.25) is 0 Å². The summed E-state index contributed by atoms with van der Waals surface area (Å²) in [5.74, 6) is 0. The smallest absolute Gasteiger partial charge is 0.296 e. The molecule has 52 heavy (non-hydrogen) atoms. The lowest BCUT2D eigenvalue weighted by Crippen LogP contribution is -2.69. The van der Waals surface area contributed by atoms with E-state index in [1.54, 1.807) is 33.7 Å². The lowest BCUT2D eigenvalue weighted by Gasteiger charge is -2.54. The normalized spacial score (nSPS) is 18.0. The molecule has 2 fully saturated rings. The maximum atomic E-state index is 14.5. The summed E-state index contributed by atoms with van der Waals surface area (Å²) >= 11 is 0. The largest absolute Gasteiger partial charge is 0.330 e. The summed E-state index contributed by atoms with van der Waals surface area (Å²) in [5.41, 5.74) is 6.39. The molecular weight excluding hydrogens is 652 g/mol. The van der Waals surface area contributed by atoms with Crippen molar-refractivity contribution in [2.75, 3.05) is 28.2 Å². The fourth-order valence-electron chi connectivity index (χ4n) is 9.14. The Morgan fingerprint density at radius 3 is 0.962 bits per heavy atom. The third kappa shape index (κ3) is 3.78. The number of fused-ring (bicyclic) bond motifs is 10. The van der Waals surface area contributed by atoms with Crippen molar-refractivity contribution < 1.29 is 19.2 Å². The number of carbonyl (C=O) groups is 4. The first-order chi connectivity index (χ1) is 25.1. The van der Waals surface area contributed by atoms with E-state index in [0.29, 0.717) is 0 Å². The standard InChI is InChI=1S/C42H36N6O4/c1-43-37(49)45(3)41(33-21-11-7-17-29(33)30-18-8-12-22-34(30)41)47(39(43)51)25-27-15-5-6-16-28(27)26-48-40(52)44(2)38(50)46(4)42(48)35-23-13-9-19-31(35)32-20-10-14-24-36(32)42/h5-24H,25-26H2,1-4H3. The molecule has 2 aliphatic carbocycles. The van der Waals surface area contributed by atoms with Crippen LogP contribution < -0.4 is 0 Å². The molecule has 8 amide bonds. The maximum absolute atomic E-state index is 14.5. The molecular formula is C42H36N6O4. The van der Waals surface area contributed by atoms with E-state index in [0.717, 1.165) is 65.4 Å². The van der Waals surface area contributed by atoms with Gasteiger partial charge >= 0.3 is 24.1 Å². The Morgan fingerprint density at radius 2 is 0.654 bits per heavy atom. The van der Waals surface area contributed by atoms with E-state index in [-0.39, 0.29) is 13.1 Å². The van der Waals surface area contributed by atoms with Gasteiger partial charge in [-0.2, -0.15) is 0 Å². The molecule has 4 aliphatic rings. The Balaban J connectivity index is 1.21. The average molecular weight is 689 g/mol. The van der Waals surface area contributed by atoms with E-state index in [1.807, 2.05) is 121 Å². The summed E-state index contributed by atoms with van der Waals surface area (Å²) in [4.78, 5) is 65.9.